The second-order valence-corrected chi connectivity index (χ2v) is 10.0. The highest BCUT2D eigenvalue weighted by molar-refractivity contribution is 7.16. The molecule has 2 amide bonds. The van der Waals surface area contributed by atoms with Crippen molar-refractivity contribution in [1.82, 2.24) is 4.90 Å². The number of thiophene rings is 2. The van der Waals surface area contributed by atoms with E-state index in [0.717, 1.165) is 25.8 Å². The Morgan fingerprint density at radius 1 is 0.897 bits per heavy atom. The van der Waals surface area contributed by atoms with Gasteiger partial charge in [-0.3, -0.25) is 14.5 Å². The molecule has 0 bridgehead atoms. The van der Waals surface area contributed by atoms with Gasteiger partial charge in [0.25, 0.3) is 11.8 Å². The predicted molar refractivity (Wildman–Crippen MR) is 123 cm³/mol. The van der Waals surface area contributed by atoms with Gasteiger partial charge in [0.05, 0.1) is 11.1 Å². The number of imide groups is 1. The third kappa shape index (κ3) is 3.49. The molecule has 4 rings (SSSR count). The molecule has 0 radical (unpaired) electrons. The molecule has 0 saturated carbocycles. The molecule has 148 valence electrons. The molecule has 0 unspecified atom stereocenters. The fourth-order valence-electron chi connectivity index (χ4n) is 3.68. The lowest BCUT2D eigenvalue weighted by Crippen LogP contribution is -2.33. The molecule has 1 aliphatic heterocycles. The van der Waals surface area contributed by atoms with Crippen LogP contribution in [0.5, 0.6) is 0 Å². The molecule has 0 atom stereocenters. The number of hydrogen-bond donors (Lipinski definition) is 0. The van der Waals surface area contributed by atoms with Crippen molar-refractivity contribution in [3.05, 3.63) is 63.4 Å². The first-order chi connectivity index (χ1) is 13.9. The van der Waals surface area contributed by atoms with Gasteiger partial charge >= 0.3 is 0 Å². The fraction of sp³-hybridized carbons (Fsp3) is 0.250. The van der Waals surface area contributed by atoms with Crippen LogP contribution >= 0.6 is 22.7 Å². The number of fused-ring (bicyclic) bond motifs is 1. The molecule has 1 aliphatic rings. The quantitative estimate of drug-likeness (QED) is 0.428. The highest BCUT2D eigenvalue weighted by atomic mass is 32.1. The largest absolute Gasteiger partial charge is 0.274 e. The van der Waals surface area contributed by atoms with Crippen LogP contribution in [0.2, 0.25) is 0 Å². The summed E-state index contributed by atoms with van der Waals surface area (Å²) in [5.41, 5.74) is 2.81. The molecular weight excluding hydrogens is 398 g/mol. The van der Waals surface area contributed by atoms with E-state index in [1.165, 1.54) is 9.78 Å². The summed E-state index contributed by atoms with van der Waals surface area (Å²) in [4.78, 5) is 32.5. The van der Waals surface area contributed by atoms with E-state index in [1.807, 2.05) is 51.1 Å². The first-order valence-electron chi connectivity index (χ1n) is 9.73. The van der Waals surface area contributed by atoms with Crippen LogP contribution in [0.1, 0.15) is 51.2 Å². The minimum atomic E-state index is -0.176. The first kappa shape index (κ1) is 19.8. The van der Waals surface area contributed by atoms with Crippen LogP contribution in [0.15, 0.2) is 42.5 Å². The summed E-state index contributed by atoms with van der Waals surface area (Å²) in [6, 6.07) is 12.2. The van der Waals surface area contributed by atoms with Crippen molar-refractivity contribution in [3.63, 3.8) is 0 Å². The maximum atomic E-state index is 13.4. The van der Waals surface area contributed by atoms with E-state index < -0.39 is 0 Å². The Morgan fingerprint density at radius 3 is 2.00 bits per heavy atom. The number of rotatable bonds is 5. The Balaban J connectivity index is 1.92. The highest BCUT2D eigenvalue weighted by Gasteiger charge is 2.40. The molecule has 1 aromatic carbocycles. The van der Waals surface area contributed by atoms with Crippen LogP contribution in [0, 0.1) is 12.8 Å². The molecule has 0 N–H and O–H groups in total. The fourth-order valence-corrected chi connectivity index (χ4v) is 5.59. The lowest BCUT2D eigenvalue weighted by Gasteiger charge is -2.16. The average molecular weight is 422 g/mol. The van der Waals surface area contributed by atoms with Crippen LogP contribution in [0.25, 0.3) is 27.0 Å². The van der Waals surface area contributed by atoms with E-state index >= 15 is 0 Å². The highest BCUT2D eigenvalue weighted by Crippen LogP contribution is 2.42. The van der Waals surface area contributed by atoms with Gasteiger partial charge in [0.15, 0.2) is 0 Å². The van der Waals surface area contributed by atoms with E-state index in [1.54, 1.807) is 22.7 Å². The molecule has 2 aromatic heterocycles. The molecule has 29 heavy (non-hydrogen) atoms. The summed E-state index contributed by atoms with van der Waals surface area (Å²) in [5.74, 6) is -0.132. The van der Waals surface area contributed by atoms with Crippen molar-refractivity contribution in [2.24, 2.45) is 5.92 Å². The third-order valence-corrected chi connectivity index (χ3v) is 7.02. The van der Waals surface area contributed by atoms with Gasteiger partial charge in [-0.2, -0.15) is 0 Å². The van der Waals surface area contributed by atoms with Gasteiger partial charge in [-0.05, 0) is 50.1 Å². The molecule has 0 saturated heterocycles. The zero-order valence-corrected chi connectivity index (χ0v) is 18.6. The Bertz CT molecular complexity index is 1130. The lowest BCUT2D eigenvalue weighted by molar-refractivity contribution is 0.0637. The van der Waals surface area contributed by atoms with Crippen LogP contribution in [0.3, 0.4) is 0 Å². The van der Waals surface area contributed by atoms with Gasteiger partial charge in [-0.15, -0.1) is 22.7 Å². The van der Waals surface area contributed by atoms with Crippen LogP contribution in [-0.2, 0) is 0 Å². The zero-order valence-electron chi connectivity index (χ0n) is 17.0. The lowest BCUT2D eigenvalue weighted by atomic mass is 9.95. The van der Waals surface area contributed by atoms with Gasteiger partial charge in [0, 0.05) is 37.2 Å². The second kappa shape index (κ2) is 7.73. The topological polar surface area (TPSA) is 37.4 Å². The Hall–Kier alpha value is -2.50. The summed E-state index contributed by atoms with van der Waals surface area (Å²) >= 11 is 3.28. The molecule has 0 spiro atoms. The zero-order chi connectivity index (χ0) is 20.7. The van der Waals surface area contributed by atoms with E-state index in [2.05, 4.69) is 25.1 Å². The third-order valence-electron chi connectivity index (χ3n) is 4.90. The molecule has 0 aliphatic carbocycles. The van der Waals surface area contributed by atoms with Crippen molar-refractivity contribution in [3.8, 4) is 20.9 Å². The molecule has 3 aromatic rings. The Kier molecular flexibility index (Phi) is 5.28. The smallest absolute Gasteiger partial charge is 0.262 e. The number of allylic oxidation sites excluding steroid dienone is 1. The summed E-state index contributed by atoms with van der Waals surface area (Å²) in [6.45, 7) is 8.52. The number of aryl methyl sites for hydroxylation is 1. The van der Waals surface area contributed by atoms with Gasteiger partial charge in [0.1, 0.15) is 0 Å². The predicted octanol–water partition coefficient (Wildman–Crippen LogP) is 6.74. The maximum absolute atomic E-state index is 13.4. The Labute approximate surface area is 179 Å². The number of carbonyl (C=O) groups is 2. The van der Waals surface area contributed by atoms with Gasteiger partial charge in [-0.25, -0.2) is 0 Å². The SMILES string of the molecule is C/C=C/c1ccc(-c2ccc(-c3ccc(C)s3)c3c2C(=O)N(CC(C)C)C3=O)s1. The summed E-state index contributed by atoms with van der Waals surface area (Å²) in [6.07, 6.45) is 4.05. The van der Waals surface area contributed by atoms with Crippen molar-refractivity contribution in [2.45, 2.75) is 27.7 Å². The number of hydrogen-bond acceptors (Lipinski definition) is 4. The molecule has 5 heteroatoms. The van der Waals surface area contributed by atoms with E-state index in [9.17, 15) is 9.59 Å². The van der Waals surface area contributed by atoms with Crippen LogP contribution < -0.4 is 0 Å². The monoisotopic (exact) mass is 421 g/mol. The molecule has 0 fully saturated rings. The van der Waals surface area contributed by atoms with E-state index in [0.29, 0.717) is 17.7 Å². The van der Waals surface area contributed by atoms with E-state index in [-0.39, 0.29) is 17.7 Å². The number of carbonyl (C=O) groups excluding carboxylic acids is 2. The van der Waals surface area contributed by atoms with Crippen molar-refractivity contribution < 1.29 is 9.59 Å². The number of nitrogens with zero attached hydrogens (tertiary/aromatic N) is 1. The number of amides is 2. The van der Waals surface area contributed by atoms with Gasteiger partial charge in [0.2, 0.25) is 0 Å². The second-order valence-electron chi connectivity index (χ2n) is 7.64. The summed E-state index contributed by atoms with van der Waals surface area (Å²) < 4.78 is 0. The van der Waals surface area contributed by atoms with Crippen molar-refractivity contribution in [2.75, 3.05) is 6.54 Å². The maximum Gasteiger partial charge on any atom is 0.262 e. The van der Waals surface area contributed by atoms with Gasteiger partial charge in [-0.1, -0.05) is 32.1 Å². The van der Waals surface area contributed by atoms with Crippen LogP contribution in [0.4, 0.5) is 0 Å². The van der Waals surface area contributed by atoms with Gasteiger partial charge < -0.3 is 0 Å². The molecule has 3 nitrogen and oxygen atoms in total. The van der Waals surface area contributed by atoms with Crippen molar-refractivity contribution >= 4 is 40.6 Å². The van der Waals surface area contributed by atoms with E-state index in [4.69, 9.17) is 0 Å². The normalized spacial score (nSPS) is 13.9. The van der Waals surface area contributed by atoms with Crippen LogP contribution in [-0.4, -0.2) is 23.3 Å². The standard InChI is InChI=1S/C24H23NO2S2/c1-5-6-16-8-12-20(29-16)18-10-9-17(19-11-7-15(4)28-19)21-22(18)24(27)25(23(21)26)13-14(2)3/h5-12,14H,13H2,1-4H3/b6-5+. The minimum Gasteiger partial charge on any atom is -0.274 e. The Morgan fingerprint density at radius 2 is 1.48 bits per heavy atom. The summed E-state index contributed by atoms with van der Waals surface area (Å²) in [5, 5.41) is 0. The number of benzene rings is 1. The average Bonchev–Trinajstić information content (AvgIpc) is 3.38. The summed E-state index contributed by atoms with van der Waals surface area (Å²) in [7, 11) is 0. The van der Waals surface area contributed by atoms with Crippen molar-refractivity contribution in [1.29, 1.82) is 0 Å². The minimum absolute atomic E-state index is 0.174. The molecular formula is C24H23NO2S2. The first-order valence-corrected chi connectivity index (χ1v) is 11.4. The molecule has 3 heterocycles.